The molecule has 1 N–H and O–H groups in total. The van der Waals surface area contributed by atoms with E-state index in [9.17, 15) is 5.11 Å². The quantitative estimate of drug-likeness (QED) is 0.923. The normalized spacial score (nSPS) is 26.3. The summed E-state index contributed by atoms with van der Waals surface area (Å²) in [5.74, 6) is 1.85. The first kappa shape index (κ1) is 15.0. The maximum atomic E-state index is 10.8. The molecule has 0 unspecified atom stereocenters. The van der Waals surface area contributed by atoms with E-state index in [0.29, 0.717) is 6.04 Å². The van der Waals surface area contributed by atoms with Gasteiger partial charge in [-0.1, -0.05) is 19.3 Å². The van der Waals surface area contributed by atoms with Crippen LogP contribution < -0.4 is 0 Å². The summed E-state index contributed by atoms with van der Waals surface area (Å²) >= 11 is 0. The molecule has 0 spiro atoms. The van der Waals surface area contributed by atoms with Gasteiger partial charge in [0.05, 0.1) is 12.1 Å². The molecule has 2 heterocycles. The Morgan fingerprint density at radius 3 is 2.62 bits per heavy atom. The Kier molecular flexibility index (Phi) is 4.31. The van der Waals surface area contributed by atoms with Crippen molar-refractivity contribution in [1.29, 1.82) is 0 Å². The minimum atomic E-state index is -0.450. The van der Waals surface area contributed by atoms with Crippen LogP contribution >= 0.6 is 0 Å². The topological polar surface area (TPSA) is 54.2 Å². The third-order valence-electron chi connectivity index (χ3n) is 5.13. The molecule has 118 valence electrons. The van der Waals surface area contributed by atoms with Crippen LogP contribution in [-0.4, -0.2) is 49.5 Å². The van der Waals surface area contributed by atoms with E-state index < -0.39 is 5.60 Å². The summed E-state index contributed by atoms with van der Waals surface area (Å²) in [6.45, 7) is 6.82. The molecule has 1 aromatic rings. The maximum absolute atomic E-state index is 10.8. The van der Waals surface area contributed by atoms with E-state index in [1.807, 2.05) is 18.5 Å². The molecule has 0 aromatic carbocycles. The molecule has 1 aromatic heterocycles. The molecule has 3 rings (SSSR count). The summed E-state index contributed by atoms with van der Waals surface area (Å²) < 4.78 is 2.03. The maximum Gasteiger partial charge on any atom is 0.147 e. The molecule has 5 heteroatoms. The first-order valence-electron chi connectivity index (χ1n) is 8.40. The number of rotatable bonds is 4. The average molecular weight is 292 g/mol. The Hall–Kier alpha value is -0.940. The molecule has 1 atom stereocenters. The predicted molar refractivity (Wildman–Crippen MR) is 82.1 cm³/mol. The van der Waals surface area contributed by atoms with Crippen LogP contribution in [0.1, 0.15) is 56.6 Å². The van der Waals surface area contributed by atoms with Crippen molar-refractivity contribution < 1.29 is 5.11 Å². The third-order valence-corrected chi connectivity index (χ3v) is 5.13. The van der Waals surface area contributed by atoms with Crippen molar-refractivity contribution in [3.05, 3.63) is 11.6 Å². The molecule has 2 fully saturated rings. The Morgan fingerprint density at radius 1 is 1.19 bits per heavy atom. The van der Waals surface area contributed by atoms with Gasteiger partial charge in [0.2, 0.25) is 0 Å². The van der Waals surface area contributed by atoms with Crippen LogP contribution in [0.2, 0.25) is 0 Å². The lowest BCUT2D eigenvalue weighted by Gasteiger charge is -2.37. The number of likely N-dealkylation sites (tertiary alicyclic amines) is 1. The van der Waals surface area contributed by atoms with Crippen LogP contribution in [0.25, 0.3) is 0 Å². The summed E-state index contributed by atoms with van der Waals surface area (Å²) in [6, 6.07) is 0.496. The highest BCUT2D eigenvalue weighted by atomic mass is 16.3. The summed E-state index contributed by atoms with van der Waals surface area (Å²) in [4.78, 5) is 6.88. The fourth-order valence-corrected chi connectivity index (χ4v) is 3.99. The number of aromatic nitrogens is 3. The number of aryl methyl sites for hydroxylation is 2. The van der Waals surface area contributed by atoms with Crippen LogP contribution in [-0.2, 0) is 6.54 Å². The number of hydrogen-bond donors (Lipinski definition) is 1. The lowest BCUT2D eigenvalue weighted by Crippen LogP contribution is -2.47. The molecule has 21 heavy (non-hydrogen) atoms. The smallest absolute Gasteiger partial charge is 0.147 e. The molecule has 1 aliphatic heterocycles. The van der Waals surface area contributed by atoms with E-state index >= 15 is 0 Å². The highest BCUT2D eigenvalue weighted by Gasteiger charge is 2.35. The average Bonchev–Trinajstić information content (AvgIpc) is 2.98. The standard InChI is InChI=1S/C16H28N4O/c1-13-17-14(2)20(18-13)11-15-7-6-10-19(15)12-16(21)8-4-3-5-9-16/h15,21H,3-12H2,1-2H3/t15-/m0/s1. The second kappa shape index (κ2) is 6.05. The number of aliphatic hydroxyl groups is 1. The molecule has 0 amide bonds. The van der Waals surface area contributed by atoms with Gasteiger partial charge in [0, 0.05) is 12.6 Å². The monoisotopic (exact) mass is 292 g/mol. The molecular weight excluding hydrogens is 264 g/mol. The molecule has 0 bridgehead atoms. The second-order valence-electron chi connectivity index (χ2n) is 6.94. The summed E-state index contributed by atoms with van der Waals surface area (Å²) in [6.07, 6.45) is 8.01. The fraction of sp³-hybridized carbons (Fsp3) is 0.875. The van der Waals surface area contributed by atoms with Gasteiger partial charge in [0.1, 0.15) is 11.6 Å². The molecule has 5 nitrogen and oxygen atoms in total. The van der Waals surface area contributed by atoms with E-state index in [0.717, 1.165) is 44.1 Å². The Morgan fingerprint density at radius 2 is 1.95 bits per heavy atom. The molecule has 1 saturated carbocycles. The van der Waals surface area contributed by atoms with Gasteiger partial charge < -0.3 is 5.11 Å². The second-order valence-corrected chi connectivity index (χ2v) is 6.94. The van der Waals surface area contributed by atoms with Crippen molar-refractivity contribution in [2.45, 2.75) is 77.0 Å². The van der Waals surface area contributed by atoms with Crippen molar-refractivity contribution in [2.75, 3.05) is 13.1 Å². The highest BCUT2D eigenvalue weighted by Crippen LogP contribution is 2.31. The SMILES string of the molecule is Cc1nc(C)n(C[C@@H]2CCCN2CC2(O)CCCCC2)n1. The lowest BCUT2D eigenvalue weighted by atomic mass is 9.84. The number of β-amino-alcohol motifs (C(OH)–C–C–N with tert-alkyl or cyclic N) is 1. The van der Waals surface area contributed by atoms with Crippen LogP contribution in [0.5, 0.6) is 0 Å². The molecule has 1 aliphatic carbocycles. The van der Waals surface area contributed by atoms with Gasteiger partial charge in [-0.25, -0.2) is 9.67 Å². The Balaban J connectivity index is 1.63. The van der Waals surface area contributed by atoms with Crippen LogP contribution in [0.3, 0.4) is 0 Å². The zero-order valence-electron chi connectivity index (χ0n) is 13.4. The summed E-state index contributed by atoms with van der Waals surface area (Å²) in [5.41, 5.74) is -0.450. The molecule has 1 saturated heterocycles. The van der Waals surface area contributed by atoms with Crippen molar-refractivity contribution in [1.82, 2.24) is 19.7 Å². The van der Waals surface area contributed by atoms with E-state index in [1.54, 1.807) is 0 Å². The van der Waals surface area contributed by atoms with Crippen molar-refractivity contribution >= 4 is 0 Å². The first-order valence-corrected chi connectivity index (χ1v) is 8.40. The summed E-state index contributed by atoms with van der Waals surface area (Å²) in [7, 11) is 0. The van der Waals surface area contributed by atoms with Crippen molar-refractivity contribution in [3.63, 3.8) is 0 Å². The minimum Gasteiger partial charge on any atom is -0.389 e. The van der Waals surface area contributed by atoms with Gasteiger partial charge in [-0.05, 0) is 46.1 Å². The van der Waals surface area contributed by atoms with Gasteiger partial charge in [-0.15, -0.1) is 0 Å². The van der Waals surface area contributed by atoms with E-state index in [1.165, 1.54) is 32.1 Å². The lowest BCUT2D eigenvalue weighted by molar-refractivity contribution is -0.0304. The Labute approximate surface area is 127 Å². The molecule has 0 radical (unpaired) electrons. The number of hydrogen-bond acceptors (Lipinski definition) is 4. The fourth-order valence-electron chi connectivity index (χ4n) is 3.99. The van der Waals surface area contributed by atoms with Gasteiger partial charge >= 0.3 is 0 Å². The molecular formula is C16H28N4O. The molecule has 2 aliphatic rings. The third kappa shape index (κ3) is 3.46. The van der Waals surface area contributed by atoms with E-state index in [4.69, 9.17) is 0 Å². The van der Waals surface area contributed by atoms with Gasteiger partial charge in [-0.2, -0.15) is 5.10 Å². The van der Waals surface area contributed by atoms with Gasteiger partial charge in [0.15, 0.2) is 0 Å². The van der Waals surface area contributed by atoms with Gasteiger partial charge in [0.25, 0.3) is 0 Å². The zero-order valence-corrected chi connectivity index (χ0v) is 13.4. The Bertz CT molecular complexity index is 479. The van der Waals surface area contributed by atoms with Crippen LogP contribution in [0.15, 0.2) is 0 Å². The first-order chi connectivity index (χ1) is 10.1. The van der Waals surface area contributed by atoms with Crippen LogP contribution in [0.4, 0.5) is 0 Å². The highest BCUT2D eigenvalue weighted by molar-refractivity contribution is 4.93. The van der Waals surface area contributed by atoms with Crippen LogP contribution in [0, 0.1) is 13.8 Å². The minimum absolute atomic E-state index is 0.450. The van der Waals surface area contributed by atoms with Crippen molar-refractivity contribution in [3.8, 4) is 0 Å². The number of nitrogens with zero attached hydrogens (tertiary/aromatic N) is 4. The van der Waals surface area contributed by atoms with E-state index in [-0.39, 0.29) is 0 Å². The predicted octanol–water partition coefficient (Wildman–Crippen LogP) is 2.05. The van der Waals surface area contributed by atoms with Gasteiger partial charge in [-0.3, -0.25) is 4.90 Å². The summed E-state index contributed by atoms with van der Waals surface area (Å²) in [5, 5.41) is 15.3. The van der Waals surface area contributed by atoms with E-state index in [2.05, 4.69) is 15.0 Å². The zero-order chi connectivity index (χ0) is 14.9. The largest absolute Gasteiger partial charge is 0.389 e. The van der Waals surface area contributed by atoms with Crippen molar-refractivity contribution in [2.24, 2.45) is 0 Å².